The number of thiophene rings is 1. The number of aliphatic hydroxyl groups is 1. The first-order valence-electron chi connectivity index (χ1n) is 7.16. The predicted molar refractivity (Wildman–Crippen MR) is 96.6 cm³/mol. The van der Waals surface area contributed by atoms with Gasteiger partial charge in [-0.15, -0.1) is 11.3 Å². The van der Waals surface area contributed by atoms with Gasteiger partial charge in [-0.1, -0.05) is 23.5 Å². The second-order valence-corrected chi connectivity index (χ2v) is 7.28. The third-order valence-electron chi connectivity index (χ3n) is 3.59. The number of thiazole rings is 1. The zero-order chi connectivity index (χ0) is 15.5. The fourth-order valence-electron chi connectivity index (χ4n) is 2.32. The standard InChI is InChI=1S/C17H19N2OS2/c1-18(11-12-20)16-9-7-13(21-16)8-10-17-19(2)14-5-3-4-6-15(14)22-17/h3-10,20H,11-12H2,1-2H3/q+1. The van der Waals surface area contributed by atoms with Crippen LogP contribution in [-0.4, -0.2) is 25.3 Å². The number of hydrogen-bond donors (Lipinski definition) is 1. The van der Waals surface area contributed by atoms with Gasteiger partial charge < -0.3 is 10.0 Å². The fraction of sp³-hybridized carbons (Fsp3) is 0.235. The van der Waals surface area contributed by atoms with E-state index in [0.717, 1.165) is 0 Å². The summed E-state index contributed by atoms with van der Waals surface area (Å²) in [5.41, 5.74) is 1.27. The van der Waals surface area contributed by atoms with Gasteiger partial charge in [0.05, 0.1) is 11.6 Å². The molecule has 0 aliphatic rings. The van der Waals surface area contributed by atoms with E-state index in [2.05, 4.69) is 65.1 Å². The predicted octanol–water partition coefficient (Wildman–Crippen LogP) is 3.39. The van der Waals surface area contributed by atoms with E-state index in [1.165, 1.54) is 25.1 Å². The van der Waals surface area contributed by atoms with E-state index in [1.807, 2.05) is 7.05 Å². The van der Waals surface area contributed by atoms with Crippen LogP contribution < -0.4 is 9.47 Å². The number of nitrogens with zero attached hydrogens (tertiary/aromatic N) is 2. The molecule has 114 valence electrons. The lowest BCUT2D eigenvalue weighted by Gasteiger charge is -2.14. The first-order valence-corrected chi connectivity index (χ1v) is 8.80. The number of aryl methyl sites for hydroxylation is 1. The quantitative estimate of drug-likeness (QED) is 0.726. The Morgan fingerprint density at radius 1 is 1.14 bits per heavy atom. The molecule has 0 atom stereocenters. The number of benzene rings is 1. The summed E-state index contributed by atoms with van der Waals surface area (Å²) in [5, 5.41) is 11.4. The number of aromatic nitrogens is 1. The van der Waals surface area contributed by atoms with Gasteiger partial charge in [-0.05, 0) is 24.3 Å². The maximum Gasteiger partial charge on any atom is 0.262 e. The maximum atomic E-state index is 9.00. The summed E-state index contributed by atoms with van der Waals surface area (Å²) < 4.78 is 3.53. The van der Waals surface area contributed by atoms with E-state index >= 15 is 0 Å². The number of fused-ring (bicyclic) bond motifs is 1. The van der Waals surface area contributed by atoms with Crippen molar-refractivity contribution in [3.8, 4) is 0 Å². The van der Waals surface area contributed by atoms with E-state index < -0.39 is 0 Å². The van der Waals surface area contributed by atoms with Gasteiger partial charge in [0, 0.05) is 30.6 Å². The molecule has 0 aliphatic heterocycles. The van der Waals surface area contributed by atoms with Gasteiger partial charge in [0.25, 0.3) is 5.01 Å². The molecule has 2 aromatic heterocycles. The summed E-state index contributed by atoms with van der Waals surface area (Å²) in [6, 6.07) is 12.7. The van der Waals surface area contributed by atoms with Crippen LogP contribution in [0.15, 0.2) is 36.4 Å². The van der Waals surface area contributed by atoms with Crippen molar-refractivity contribution in [2.45, 2.75) is 0 Å². The molecule has 3 aromatic rings. The van der Waals surface area contributed by atoms with Gasteiger partial charge in [-0.2, -0.15) is 4.57 Å². The Balaban J connectivity index is 1.82. The minimum Gasteiger partial charge on any atom is -0.395 e. The molecule has 3 rings (SSSR count). The highest BCUT2D eigenvalue weighted by atomic mass is 32.1. The van der Waals surface area contributed by atoms with Crippen molar-refractivity contribution in [3.05, 3.63) is 46.3 Å². The van der Waals surface area contributed by atoms with Crippen molar-refractivity contribution >= 4 is 50.0 Å². The molecular weight excluding hydrogens is 312 g/mol. The number of rotatable bonds is 5. The summed E-state index contributed by atoms with van der Waals surface area (Å²) in [4.78, 5) is 3.29. The molecule has 0 amide bonds. The molecule has 3 nitrogen and oxygen atoms in total. The normalized spacial score (nSPS) is 11.6. The first-order chi connectivity index (χ1) is 10.7. The van der Waals surface area contributed by atoms with Crippen molar-refractivity contribution in [1.82, 2.24) is 0 Å². The zero-order valence-corrected chi connectivity index (χ0v) is 14.3. The second kappa shape index (κ2) is 6.60. The summed E-state index contributed by atoms with van der Waals surface area (Å²) in [7, 11) is 4.11. The molecule has 0 saturated heterocycles. The Hall–Kier alpha value is -1.69. The molecule has 0 radical (unpaired) electrons. The molecule has 0 spiro atoms. The van der Waals surface area contributed by atoms with E-state index in [-0.39, 0.29) is 6.61 Å². The highest BCUT2D eigenvalue weighted by Gasteiger charge is 2.13. The van der Waals surface area contributed by atoms with Crippen LogP contribution in [0.2, 0.25) is 0 Å². The van der Waals surface area contributed by atoms with Crippen LogP contribution in [0.3, 0.4) is 0 Å². The molecule has 1 aromatic carbocycles. The Bertz CT molecular complexity index is 804. The van der Waals surface area contributed by atoms with E-state index in [9.17, 15) is 0 Å². The van der Waals surface area contributed by atoms with E-state index in [0.29, 0.717) is 6.54 Å². The summed E-state index contributed by atoms with van der Waals surface area (Å²) in [6.45, 7) is 0.839. The smallest absolute Gasteiger partial charge is 0.262 e. The summed E-state index contributed by atoms with van der Waals surface area (Å²) in [5.74, 6) is 0. The fourth-order valence-corrected chi connectivity index (χ4v) is 4.27. The molecule has 1 N–H and O–H groups in total. The number of hydrogen-bond acceptors (Lipinski definition) is 4. The molecule has 2 heterocycles. The minimum absolute atomic E-state index is 0.178. The second-order valence-electron chi connectivity index (χ2n) is 5.12. The van der Waals surface area contributed by atoms with Crippen LogP contribution in [0.4, 0.5) is 5.00 Å². The van der Waals surface area contributed by atoms with E-state index in [4.69, 9.17) is 5.11 Å². The SMILES string of the molecule is CN(CCO)c1ccc(/C=C/c2sc3ccccc3[n+]2C)s1. The maximum absolute atomic E-state index is 9.00. The van der Waals surface area contributed by atoms with Crippen LogP contribution in [0.5, 0.6) is 0 Å². The van der Waals surface area contributed by atoms with Gasteiger partial charge in [0.1, 0.15) is 11.7 Å². The minimum atomic E-state index is 0.178. The van der Waals surface area contributed by atoms with Crippen LogP contribution in [0, 0.1) is 0 Å². The number of likely N-dealkylation sites (N-methyl/N-ethyl adjacent to an activating group) is 1. The van der Waals surface area contributed by atoms with E-state index in [1.54, 1.807) is 22.7 Å². The lowest BCUT2D eigenvalue weighted by molar-refractivity contribution is -0.642. The van der Waals surface area contributed by atoms with Crippen LogP contribution >= 0.6 is 22.7 Å². The molecule has 0 bridgehead atoms. The van der Waals surface area contributed by atoms with Crippen LogP contribution in [0.25, 0.3) is 22.4 Å². The Morgan fingerprint density at radius 2 is 1.95 bits per heavy atom. The third-order valence-corrected chi connectivity index (χ3v) is 5.94. The first kappa shape index (κ1) is 15.2. The summed E-state index contributed by atoms with van der Waals surface area (Å²) in [6.07, 6.45) is 4.33. The van der Waals surface area contributed by atoms with Gasteiger partial charge in [0.2, 0.25) is 5.52 Å². The molecule has 0 saturated carbocycles. The molecular formula is C17H19N2OS2+. The average molecular weight is 331 g/mol. The largest absolute Gasteiger partial charge is 0.395 e. The van der Waals surface area contributed by atoms with Gasteiger partial charge in [-0.3, -0.25) is 0 Å². The molecule has 0 unspecified atom stereocenters. The number of anilines is 1. The van der Waals surface area contributed by atoms with Crippen molar-refractivity contribution in [2.24, 2.45) is 7.05 Å². The molecule has 22 heavy (non-hydrogen) atoms. The Morgan fingerprint density at radius 3 is 2.73 bits per heavy atom. The third kappa shape index (κ3) is 3.06. The monoisotopic (exact) mass is 331 g/mol. The lowest BCUT2D eigenvalue weighted by atomic mass is 10.3. The topological polar surface area (TPSA) is 27.3 Å². The number of para-hydroxylation sites is 1. The Labute approximate surface area is 138 Å². The highest BCUT2D eigenvalue weighted by Crippen LogP contribution is 2.27. The molecule has 0 aliphatic carbocycles. The zero-order valence-electron chi connectivity index (χ0n) is 12.7. The van der Waals surface area contributed by atoms with Crippen molar-refractivity contribution in [1.29, 1.82) is 0 Å². The van der Waals surface area contributed by atoms with Gasteiger partial charge >= 0.3 is 0 Å². The van der Waals surface area contributed by atoms with Gasteiger partial charge in [0.15, 0.2) is 0 Å². The lowest BCUT2D eigenvalue weighted by Crippen LogP contribution is -2.28. The van der Waals surface area contributed by atoms with Crippen molar-refractivity contribution in [2.75, 3.05) is 25.1 Å². The van der Waals surface area contributed by atoms with Crippen LogP contribution in [0.1, 0.15) is 9.88 Å². The molecule has 0 fully saturated rings. The summed E-state index contributed by atoms with van der Waals surface area (Å²) >= 11 is 3.54. The van der Waals surface area contributed by atoms with Crippen molar-refractivity contribution in [3.63, 3.8) is 0 Å². The van der Waals surface area contributed by atoms with Crippen molar-refractivity contribution < 1.29 is 9.67 Å². The average Bonchev–Trinajstić information content (AvgIpc) is 3.11. The number of aliphatic hydroxyl groups excluding tert-OH is 1. The highest BCUT2D eigenvalue weighted by molar-refractivity contribution is 7.19. The van der Waals surface area contributed by atoms with Crippen LogP contribution in [-0.2, 0) is 7.05 Å². The molecule has 5 heteroatoms. The van der Waals surface area contributed by atoms with Gasteiger partial charge in [-0.25, -0.2) is 0 Å². The Kier molecular flexibility index (Phi) is 4.57.